The number of rotatable bonds is 3. The molecule has 0 aliphatic carbocycles. The van der Waals surface area contributed by atoms with E-state index in [1.165, 1.54) is 6.92 Å². The minimum absolute atomic E-state index is 0.0117. The van der Waals surface area contributed by atoms with Gasteiger partial charge in [0.2, 0.25) is 5.91 Å². The van der Waals surface area contributed by atoms with Crippen molar-refractivity contribution in [2.45, 2.75) is 25.6 Å². The highest BCUT2D eigenvalue weighted by atomic mass is 16.3. The molecule has 18 heavy (non-hydrogen) atoms. The third-order valence-corrected chi connectivity index (χ3v) is 3.33. The molecule has 0 radical (unpaired) electrons. The molecule has 2 rings (SSSR count). The van der Waals surface area contributed by atoms with E-state index in [2.05, 4.69) is 0 Å². The standard InChI is InChI=1S/C13H18N2O3/c1-8(16)15-5-4-9-6-10(2-3-11(9)15)13(18)12(17)7-14/h2-3,6,12-13,17-18H,4-5,7,14H2,1H3. The number of hydrogen-bond donors (Lipinski definition) is 3. The van der Waals surface area contributed by atoms with Crippen LogP contribution in [0.25, 0.3) is 0 Å². The third-order valence-electron chi connectivity index (χ3n) is 3.33. The van der Waals surface area contributed by atoms with Crippen LogP contribution >= 0.6 is 0 Å². The fourth-order valence-corrected chi connectivity index (χ4v) is 2.28. The molecule has 0 saturated carbocycles. The molecule has 0 spiro atoms. The Balaban J connectivity index is 2.27. The molecule has 1 aliphatic rings. The number of amides is 1. The van der Waals surface area contributed by atoms with Gasteiger partial charge < -0.3 is 20.8 Å². The zero-order valence-corrected chi connectivity index (χ0v) is 10.3. The third kappa shape index (κ3) is 2.25. The topological polar surface area (TPSA) is 86.8 Å². The van der Waals surface area contributed by atoms with Crippen molar-refractivity contribution in [2.24, 2.45) is 5.73 Å². The molecule has 1 aliphatic heterocycles. The molecule has 2 atom stereocenters. The van der Waals surface area contributed by atoms with Crippen molar-refractivity contribution in [1.29, 1.82) is 0 Å². The van der Waals surface area contributed by atoms with Gasteiger partial charge in [-0.25, -0.2) is 0 Å². The monoisotopic (exact) mass is 250 g/mol. The van der Waals surface area contributed by atoms with Crippen LogP contribution in [-0.4, -0.2) is 35.3 Å². The van der Waals surface area contributed by atoms with E-state index in [1.54, 1.807) is 11.0 Å². The van der Waals surface area contributed by atoms with E-state index in [0.29, 0.717) is 12.1 Å². The number of carbonyl (C=O) groups is 1. The second kappa shape index (κ2) is 5.06. The Morgan fingerprint density at radius 1 is 1.50 bits per heavy atom. The average molecular weight is 250 g/mol. The first kappa shape index (κ1) is 13.0. The number of anilines is 1. The van der Waals surface area contributed by atoms with Gasteiger partial charge in [0.25, 0.3) is 0 Å². The summed E-state index contributed by atoms with van der Waals surface area (Å²) in [6.07, 6.45) is -1.17. The molecular weight excluding hydrogens is 232 g/mol. The van der Waals surface area contributed by atoms with E-state index in [4.69, 9.17) is 5.73 Å². The van der Waals surface area contributed by atoms with Gasteiger partial charge in [0.15, 0.2) is 0 Å². The van der Waals surface area contributed by atoms with E-state index in [1.807, 2.05) is 12.1 Å². The van der Waals surface area contributed by atoms with E-state index < -0.39 is 12.2 Å². The smallest absolute Gasteiger partial charge is 0.223 e. The van der Waals surface area contributed by atoms with Gasteiger partial charge in [-0.2, -0.15) is 0 Å². The molecule has 1 heterocycles. The van der Waals surface area contributed by atoms with Crippen molar-refractivity contribution in [3.05, 3.63) is 29.3 Å². The summed E-state index contributed by atoms with van der Waals surface area (Å²) >= 11 is 0. The van der Waals surface area contributed by atoms with Gasteiger partial charge in [0.1, 0.15) is 6.10 Å². The molecule has 98 valence electrons. The maximum Gasteiger partial charge on any atom is 0.223 e. The first-order valence-corrected chi connectivity index (χ1v) is 6.01. The SMILES string of the molecule is CC(=O)N1CCc2cc(C(O)C(O)CN)ccc21. The number of carbonyl (C=O) groups excluding carboxylic acids is 1. The summed E-state index contributed by atoms with van der Waals surface area (Å²) in [6, 6.07) is 5.37. The molecule has 0 aromatic heterocycles. The highest BCUT2D eigenvalue weighted by molar-refractivity contribution is 5.93. The summed E-state index contributed by atoms with van der Waals surface area (Å²) in [6.45, 7) is 2.22. The summed E-state index contributed by atoms with van der Waals surface area (Å²) in [5, 5.41) is 19.4. The molecule has 2 unspecified atom stereocenters. The first-order valence-electron chi connectivity index (χ1n) is 6.01. The molecular formula is C13H18N2O3. The largest absolute Gasteiger partial charge is 0.389 e. The van der Waals surface area contributed by atoms with E-state index in [0.717, 1.165) is 17.7 Å². The second-order valence-corrected chi connectivity index (χ2v) is 4.56. The van der Waals surface area contributed by atoms with Crippen LogP contribution in [0.4, 0.5) is 5.69 Å². The van der Waals surface area contributed by atoms with Gasteiger partial charge >= 0.3 is 0 Å². The van der Waals surface area contributed by atoms with Crippen LogP contribution < -0.4 is 10.6 Å². The van der Waals surface area contributed by atoms with Gasteiger partial charge in [0.05, 0.1) is 6.10 Å². The lowest BCUT2D eigenvalue weighted by Gasteiger charge is -2.18. The summed E-state index contributed by atoms with van der Waals surface area (Å²) in [5.74, 6) is 0.0176. The van der Waals surface area contributed by atoms with Crippen molar-refractivity contribution in [3.8, 4) is 0 Å². The highest BCUT2D eigenvalue weighted by Gasteiger charge is 2.24. The van der Waals surface area contributed by atoms with Crippen molar-refractivity contribution >= 4 is 11.6 Å². The molecule has 5 heteroatoms. The van der Waals surface area contributed by atoms with Crippen LogP contribution in [0.15, 0.2) is 18.2 Å². The van der Waals surface area contributed by atoms with Crippen LogP contribution in [0.5, 0.6) is 0 Å². The molecule has 0 saturated heterocycles. The Morgan fingerprint density at radius 2 is 2.22 bits per heavy atom. The Bertz CT molecular complexity index is 462. The molecule has 4 N–H and O–H groups in total. The Hall–Kier alpha value is -1.43. The van der Waals surface area contributed by atoms with Crippen LogP contribution in [0.2, 0.25) is 0 Å². The van der Waals surface area contributed by atoms with Gasteiger partial charge in [-0.3, -0.25) is 4.79 Å². The number of fused-ring (bicyclic) bond motifs is 1. The number of aliphatic hydroxyl groups excluding tert-OH is 2. The van der Waals surface area contributed by atoms with Crippen molar-refractivity contribution in [1.82, 2.24) is 0 Å². The lowest BCUT2D eigenvalue weighted by molar-refractivity contribution is -0.116. The van der Waals surface area contributed by atoms with E-state index in [9.17, 15) is 15.0 Å². The summed E-state index contributed by atoms with van der Waals surface area (Å²) < 4.78 is 0. The predicted octanol–water partition coefficient (Wildman–Crippen LogP) is -0.0514. The number of nitrogens with zero attached hydrogens (tertiary/aromatic N) is 1. The van der Waals surface area contributed by atoms with Crippen LogP contribution in [-0.2, 0) is 11.2 Å². The lowest BCUT2D eigenvalue weighted by Crippen LogP contribution is -2.27. The lowest BCUT2D eigenvalue weighted by atomic mass is 10.0. The second-order valence-electron chi connectivity index (χ2n) is 4.56. The maximum atomic E-state index is 11.4. The summed E-state index contributed by atoms with van der Waals surface area (Å²) in [5.41, 5.74) is 7.87. The van der Waals surface area contributed by atoms with Crippen LogP contribution in [0.3, 0.4) is 0 Å². The molecule has 0 fully saturated rings. The Kier molecular flexibility index (Phi) is 3.65. The minimum atomic E-state index is -0.980. The molecule has 1 aromatic rings. The van der Waals surface area contributed by atoms with Gasteiger partial charge in [-0.1, -0.05) is 12.1 Å². The molecule has 1 aromatic carbocycles. The van der Waals surface area contributed by atoms with E-state index >= 15 is 0 Å². The average Bonchev–Trinajstić information content (AvgIpc) is 2.79. The molecule has 1 amide bonds. The minimum Gasteiger partial charge on any atom is -0.389 e. The number of benzene rings is 1. The number of aliphatic hydroxyl groups is 2. The zero-order valence-electron chi connectivity index (χ0n) is 10.3. The summed E-state index contributed by atoms with van der Waals surface area (Å²) in [4.78, 5) is 13.1. The Labute approximate surface area is 106 Å². The first-order chi connectivity index (χ1) is 8.54. The zero-order chi connectivity index (χ0) is 13.3. The van der Waals surface area contributed by atoms with Crippen LogP contribution in [0, 0.1) is 0 Å². The Morgan fingerprint density at radius 3 is 2.83 bits per heavy atom. The fraction of sp³-hybridized carbons (Fsp3) is 0.462. The molecule has 5 nitrogen and oxygen atoms in total. The van der Waals surface area contributed by atoms with Crippen LogP contribution in [0.1, 0.15) is 24.2 Å². The van der Waals surface area contributed by atoms with Crippen molar-refractivity contribution < 1.29 is 15.0 Å². The predicted molar refractivity (Wildman–Crippen MR) is 68.2 cm³/mol. The quantitative estimate of drug-likeness (QED) is 0.702. The van der Waals surface area contributed by atoms with E-state index in [-0.39, 0.29) is 12.5 Å². The number of hydrogen-bond acceptors (Lipinski definition) is 4. The van der Waals surface area contributed by atoms with Crippen molar-refractivity contribution in [2.75, 3.05) is 18.0 Å². The highest BCUT2D eigenvalue weighted by Crippen LogP contribution is 2.31. The van der Waals surface area contributed by atoms with Gasteiger partial charge in [-0.15, -0.1) is 0 Å². The fourth-order valence-electron chi connectivity index (χ4n) is 2.28. The van der Waals surface area contributed by atoms with Gasteiger partial charge in [0, 0.05) is 25.7 Å². The van der Waals surface area contributed by atoms with Gasteiger partial charge in [-0.05, 0) is 23.6 Å². The number of nitrogens with two attached hydrogens (primary N) is 1. The maximum absolute atomic E-state index is 11.4. The summed E-state index contributed by atoms with van der Waals surface area (Å²) in [7, 11) is 0. The molecule has 0 bridgehead atoms. The van der Waals surface area contributed by atoms with Crippen molar-refractivity contribution in [3.63, 3.8) is 0 Å². The normalized spacial score (nSPS) is 17.4.